The predicted octanol–water partition coefficient (Wildman–Crippen LogP) is 2.51. The molecule has 1 N–H and O–H groups in total. The van der Waals surface area contributed by atoms with Crippen molar-refractivity contribution in [3.8, 4) is 0 Å². The van der Waals surface area contributed by atoms with Crippen LogP contribution in [0, 0.1) is 0 Å². The van der Waals surface area contributed by atoms with E-state index in [0.717, 1.165) is 25.5 Å². The molecule has 0 aromatic carbocycles. The van der Waals surface area contributed by atoms with Crippen LogP contribution < -0.4 is 5.32 Å². The molecule has 102 valence electrons. The molecule has 1 aliphatic carbocycles. The van der Waals surface area contributed by atoms with Gasteiger partial charge in [-0.25, -0.2) is 4.98 Å². The van der Waals surface area contributed by atoms with Crippen molar-refractivity contribution >= 4 is 11.6 Å². The Morgan fingerprint density at radius 3 is 2.89 bits per heavy atom. The average molecular weight is 272 g/mol. The van der Waals surface area contributed by atoms with E-state index >= 15 is 0 Å². The van der Waals surface area contributed by atoms with E-state index in [0.29, 0.717) is 11.3 Å². The van der Waals surface area contributed by atoms with Crippen molar-refractivity contribution in [1.29, 1.82) is 0 Å². The van der Waals surface area contributed by atoms with Crippen molar-refractivity contribution in [1.82, 2.24) is 14.9 Å². The van der Waals surface area contributed by atoms with E-state index in [-0.39, 0.29) is 0 Å². The molecule has 5 heteroatoms. The lowest BCUT2D eigenvalue weighted by Gasteiger charge is -2.22. The third kappa shape index (κ3) is 3.97. The van der Waals surface area contributed by atoms with Gasteiger partial charge in [0.15, 0.2) is 0 Å². The lowest BCUT2D eigenvalue weighted by Crippen LogP contribution is -2.25. The molecule has 0 radical (unpaired) electrons. The van der Waals surface area contributed by atoms with E-state index in [1.165, 1.54) is 32.1 Å². The summed E-state index contributed by atoms with van der Waals surface area (Å²) in [5.41, 5.74) is 0. The minimum atomic E-state index is 0.489. The molecule has 18 heavy (non-hydrogen) atoms. The molecule has 0 unspecified atom stereocenters. The van der Waals surface area contributed by atoms with Gasteiger partial charge in [-0.2, -0.15) is 0 Å². The summed E-state index contributed by atoms with van der Waals surface area (Å²) in [6.07, 6.45) is 8.65. The third-order valence-corrected chi connectivity index (χ3v) is 3.85. The van der Waals surface area contributed by atoms with Gasteiger partial charge < -0.3 is 14.6 Å². The second-order valence-corrected chi connectivity index (χ2v) is 5.25. The van der Waals surface area contributed by atoms with Gasteiger partial charge in [-0.15, -0.1) is 0 Å². The van der Waals surface area contributed by atoms with Crippen molar-refractivity contribution in [3.63, 3.8) is 0 Å². The number of hydrogen-bond acceptors (Lipinski definition) is 3. The van der Waals surface area contributed by atoms with Crippen LogP contribution in [-0.2, 0) is 18.3 Å². The van der Waals surface area contributed by atoms with E-state index in [9.17, 15) is 0 Å². The van der Waals surface area contributed by atoms with Crippen LogP contribution in [-0.4, -0.2) is 28.8 Å². The van der Waals surface area contributed by atoms with Crippen molar-refractivity contribution in [3.05, 3.63) is 17.2 Å². The number of nitrogens with one attached hydrogen (secondary N) is 1. The van der Waals surface area contributed by atoms with Crippen LogP contribution in [0.2, 0.25) is 5.15 Å². The Morgan fingerprint density at radius 1 is 1.44 bits per heavy atom. The fraction of sp³-hybridized carbons (Fsp3) is 0.769. The van der Waals surface area contributed by atoms with Crippen molar-refractivity contribution in [2.24, 2.45) is 7.05 Å². The van der Waals surface area contributed by atoms with Gasteiger partial charge in [-0.3, -0.25) is 0 Å². The monoisotopic (exact) mass is 271 g/mol. The van der Waals surface area contributed by atoms with Crippen molar-refractivity contribution in [2.45, 2.75) is 44.8 Å². The maximum atomic E-state index is 5.92. The van der Waals surface area contributed by atoms with Gasteiger partial charge in [0, 0.05) is 13.6 Å². The van der Waals surface area contributed by atoms with Crippen molar-refractivity contribution < 1.29 is 4.74 Å². The molecule has 1 fully saturated rings. The third-order valence-electron chi connectivity index (χ3n) is 3.50. The molecule has 1 aromatic heterocycles. The molecule has 4 nitrogen and oxygen atoms in total. The molecular formula is C13H22ClN3O. The Bertz CT molecular complexity index is 361. The molecular weight excluding hydrogens is 250 g/mol. The number of rotatable bonds is 6. The standard InChI is InChI=1S/C13H22ClN3O/c1-17-12(14)9-16-13(17)10-15-7-8-18-11-5-3-2-4-6-11/h9,11,15H,2-8,10H2,1H3. The predicted molar refractivity (Wildman–Crippen MR) is 72.7 cm³/mol. The molecule has 2 rings (SSSR count). The molecule has 0 aliphatic heterocycles. The highest BCUT2D eigenvalue weighted by atomic mass is 35.5. The summed E-state index contributed by atoms with van der Waals surface area (Å²) < 4.78 is 7.73. The minimum absolute atomic E-state index is 0.489. The first-order chi connectivity index (χ1) is 8.77. The van der Waals surface area contributed by atoms with Crippen LogP contribution in [0.15, 0.2) is 6.20 Å². The zero-order valence-corrected chi connectivity index (χ0v) is 11.7. The maximum Gasteiger partial charge on any atom is 0.128 e. The Hall–Kier alpha value is -0.580. The largest absolute Gasteiger partial charge is 0.377 e. The van der Waals surface area contributed by atoms with Crippen LogP contribution >= 0.6 is 11.6 Å². The number of nitrogens with zero attached hydrogens (tertiary/aromatic N) is 2. The Balaban J connectivity index is 1.57. The summed E-state index contributed by atoms with van der Waals surface area (Å²) in [4.78, 5) is 4.23. The number of halogens is 1. The van der Waals surface area contributed by atoms with Gasteiger partial charge in [-0.1, -0.05) is 30.9 Å². The lowest BCUT2D eigenvalue weighted by atomic mass is 9.98. The molecule has 1 aromatic rings. The van der Waals surface area contributed by atoms with E-state index < -0.39 is 0 Å². The van der Waals surface area contributed by atoms with E-state index in [1.807, 2.05) is 11.6 Å². The molecule has 0 spiro atoms. The summed E-state index contributed by atoms with van der Waals surface area (Å²) in [6, 6.07) is 0. The Labute approximate surface area is 114 Å². The topological polar surface area (TPSA) is 39.1 Å². The summed E-state index contributed by atoms with van der Waals surface area (Å²) in [5, 5.41) is 4.00. The van der Waals surface area contributed by atoms with Crippen LogP contribution in [0.3, 0.4) is 0 Å². The highest BCUT2D eigenvalue weighted by Crippen LogP contribution is 2.19. The highest BCUT2D eigenvalue weighted by Gasteiger charge is 2.13. The van der Waals surface area contributed by atoms with Gasteiger partial charge >= 0.3 is 0 Å². The second kappa shape index (κ2) is 7.12. The average Bonchev–Trinajstić information content (AvgIpc) is 2.71. The van der Waals surface area contributed by atoms with Crippen LogP contribution in [0.5, 0.6) is 0 Å². The zero-order valence-electron chi connectivity index (χ0n) is 11.0. The quantitative estimate of drug-likeness (QED) is 0.808. The van der Waals surface area contributed by atoms with E-state index in [4.69, 9.17) is 16.3 Å². The Kier molecular flexibility index (Phi) is 5.47. The SMILES string of the molecule is Cn1c(Cl)cnc1CNCCOC1CCCCC1. The summed E-state index contributed by atoms with van der Waals surface area (Å²) in [5.74, 6) is 0.956. The molecule has 0 amide bonds. The summed E-state index contributed by atoms with van der Waals surface area (Å²) >= 11 is 5.92. The fourth-order valence-corrected chi connectivity index (χ4v) is 2.46. The molecule has 1 saturated carbocycles. The summed E-state index contributed by atoms with van der Waals surface area (Å²) in [6.45, 7) is 2.38. The van der Waals surface area contributed by atoms with Crippen LogP contribution in [0.1, 0.15) is 37.9 Å². The van der Waals surface area contributed by atoms with Gasteiger partial charge in [-0.05, 0) is 12.8 Å². The Morgan fingerprint density at radius 2 is 2.22 bits per heavy atom. The molecule has 1 aliphatic rings. The zero-order chi connectivity index (χ0) is 12.8. The lowest BCUT2D eigenvalue weighted by molar-refractivity contribution is 0.0301. The van der Waals surface area contributed by atoms with Gasteiger partial charge in [0.2, 0.25) is 0 Å². The van der Waals surface area contributed by atoms with E-state index in [2.05, 4.69) is 10.3 Å². The van der Waals surface area contributed by atoms with Gasteiger partial charge in [0.1, 0.15) is 11.0 Å². The van der Waals surface area contributed by atoms with Gasteiger partial charge in [0.25, 0.3) is 0 Å². The normalized spacial score (nSPS) is 17.2. The molecule has 0 atom stereocenters. The molecule has 1 heterocycles. The number of ether oxygens (including phenoxy) is 1. The van der Waals surface area contributed by atoms with E-state index in [1.54, 1.807) is 6.20 Å². The first kappa shape index (κ1) is 13.8. The summed E-state index contributed by atoms with van der Waals surface area (Å²) in [7, 11) is 1.92. The number of aromatic nitrogens is 2. The smallest absolute Gasteiger partial charge is 0.128 e. The van der Waals surface area contributed by atoms with Crippen LogP contribution in [0.25, 0.3) is 0 Å². The number of imidazole rings is 1. The fourth-order valence-electron chi connectivity index (χ4n) is 2.32. The maximum absolute atomic E-state index is 5.92. The second-order valence-electron chi connectivity index (χ2n) is 4.86. The first-order valence-electron chi connectivity index (χ1n) is 6.76. The first-order valence-corrected chi connectivity index (χ1v) is 7.13. The van der Waals surface area contributed by atoms with Crippen molar-refractivity contribution in [2.75, 3.05) is 13.2 Å². The highest BCUT2D eigenvalue weighted by molar-refractivity contribution is 6.29. The number of hydrogen-bond donors (Lipinski definition) is 1. The molecule has 0 bridgehead atoms. The molecule has 0 saturated heterocycles. The minimum Gasteiger partial charge on any atom is -0.377 e. The van der Waals surface area contributed by atoms with Gasteiger partial charge in [0.05, 0.1) is 25.5 Å². The van der Waals surface area contributed by atoms with Crippen LogP contribution in [0.4, 0.5) is 0 Å².